The Morgan fingerprint density at radius 2 is 1.96 bits per heavy atom. The summed E-state index contributed by atoms with van der Waals surface area (Å²) in [4.78, 5) is 21.1. The van der Waals surface area contributed by atoms with Crippen LogP contribution in [-0.2, 0) is 4.79 Å². The van der Waals surface area contributed by atoms with Crippen LogP contribution in [0.5, 0.6) is 0 Å². The van der Waals surface area contributed by atoms with E-state index >= 15 is 0 Å². The summed E-state index contributed by atoms with van der Waals surface area (Å²) >= 11 is 2.41. The highest BCUT2D eigenvalue weighted by atomic mass is 32.2. The van der Waals surface area contributed by atoms with Crippen molar-refractivity contribution in [2.75, 3.05) is 11.1 Å². The number of carbonyl (C=O) groups excluding carboxylic acids is 1. The number of hydrogen-bond donors (Lipinski definition) is 2. The molecule has 132 valence electrons. The topological polar surface area (TPSA) is 128 Å². The fourth-order valence-corrected chi connectivity index (χ4v) is 3.83. The molecule has 0 spiro atoms. The zero-order valence-corrected chi connectivity index (χ0v) is 15.4. The maximum absolute atomic E-state index is 12.9. The van der Waals surface area contributed by atoms with E-state index < -0.39 is 5.25 Å². The quantitative estimate of drug-likeness (QED) is 0.637. The van der Waals surface area contributed by atoms with Crippen molar-refractivity contribution in [3.63, 3.8) is 0 Å². The number of pyridine rings is 1. The van der Waals surface area contributed by atoms with Crippen molar-refractivity contribution in [1.82, 2.24) is 9.97 Å². The Balaban J connectivity index is 1.97. The molecule has 0 fully saturated rings. The number of nitrogen functional groups attached to an aromatic ring is 1. The third kappa shape index (κ3) is 4.23. The predicted molar refractivity (Wildman–Crippen MR) is 104 cm³/mol. The van der Waals surface area contributed by atoms with Gasteiger partial charge in [-0.15, -0.1) is 11.3 Å². The number of anilines is 2. The SMILES string of the molecule is N#Cc1cc(C#N)c(S[C@H](C(=O)Nc2nccs2)c2ccccc2)nc1N. The van der Waals surface area contributed by atoms with Crippen LogP contribution >= 0.6 is 23.1 Å². The van der Waals surface area contributed by atoms with Crippen LogP contribution in [0.25, 0.3) is 0 Å². The lowest BCUT2D eigenvalue weighted by Crippen LogP contribution is -2.19. The highest BCUT2D eigenvalue weighted by molar-refractivity contribution is 8.00. The fraction of sp³-hybridized carbons (Fsp3) is 0.0556. The minimum absolute atomic E-state index is 0.0196. The molecule has 27 heavy (non-hydrogen) atoms. The summed E-state index contributed by atoms with van der Waals surface area (Å²) in [6.07, 6.45) is 1.60. The summed E-state index contributed by atoms with van der Waals surface area (Å²) in [6, 6.07) is 14.4. The first-order valence-corrected chi connectivity index (χ1v) is 9.41. The lowest BCUT2D eigenvalue weighted by Gasteiger charge is -2.16. The average molecular weight is 392 g/mol. The molecule has 0 saturated heterocycles. The Morgan fingerprint density at radius 1 is 1.22 bits per heavy atom. The van der Waals surface area contributed by atoms with Crippen LogP contribution in [0.3, 0.4) is 0 Å². The van der Waals surface area contributed by atoms with Gasteiger partial charge in [-0.1, -0.05) is 42.1 Å². The second kappa shape index (κ2) is 8.32. The van der Waals surface area contributed by atoms with E-state index in [9.17, 15) is 10.1 Å². The zero-order chi connectivity index (χ0) is 19.2. The molecule has 2 aromatic heterocycles. The average Bonchev–Trinajstić information content (AvgIpc) is 3.19. The molecule has 1 aromatic carbocycles. The van der Waals surface area contributed by atoms with Crippen molar-refractivity contribution < 1.29 is 4.79 Å². The molecule has 0 saturated carbocycles. The van der Waals surface area contributed by atoms with Crippen molar-refractivity contribution in [2.24, 2.45) is 0 Å². The molecule has 0 aliphatic heterocycles. The highest BCUT2D eigenvalue weighted by Gasteiger charge is 2.25. The Hall–Kier alpha value is -3.40. The number of nitrogens with two attached hydrogens (primary N) is 1. The zero-order valence-electron chi connectivity index (χ0n) is 13.8. The van der Waals surface area contributed by atoms with Gasteiger partial charge in [0.2, 0.25) is 5.91 Å². The van der Waals surface area contributed by atoms with Crippen LogP contribution in [0, 0.1) is 22.7 Å². The van der Waals surface area contributed by atoms with Crippen molar-refractivity contribution in [1.29, 1.82) is 10.5 Å². The summed E-state index contributed by atoms with van der Waals surface area (Å²) in [7, 11) is 0. The maximum Gasteiger partial charge on any atom is 0.244 e. The predicted octanol–water partition coefficient (Wildman–Crippen LogP) is 3.34. The molecule has 9 heteroatoms. The molecule has 2 heterocycles. The van der Waals surface area contributed by atoms with E-state index in [2.05, 4.69) is 15.3 Å². The molecule has 3 aromatic rings. The molecule has 1 atom stereocenters. The number of aromatic nitrogens is 2. The number of carbonyl (C=O) groups is 1. The first-order valence-electron chi connectivity index (χ1n) is 7.65. The molecule has 0 aliphatic carbocycles. The highest BCUT2D eigenvalue weighted by Crippen LogP contribution is 2.37. The van der Waals surface area contributed by atoms with E-state index in [0.29, 0.717) is 5.13 Å². The van der Waals surface area contributed by atoms with Gasteiger partial charge in [0.05, 0.1) is 11.1 Å². The van der Waals surface area contributed by atoms with Crippen LogP contribution in [0.2, 0.25) is 0 Å². The van der Waals surface area contributed by atoms with Crippen LogP contribution < -0.4 is 11.1 Å². The molecule has 0 radical (unpaired) electrons. The minimum atomic E-state index is -0.679. The molecule has 0 aliphatic rings. The van der Waals surface area contributed by atoms with E-state index in [1.165, 1.54) is 17.4 Å². The maximum atomic E-state index is 12.9. The number of benzene rings is 1. The van der Waals surface area contributed by atoms with Crippen LogP contribution in [0.1, 0.15) is 21.9 Å². The van der Waals surface area contributed by atoms with Crippen molar-refractivity contribution in [3.05, 3.63) is 64.7 Å². The second-order valence-electron chi connectivity index (χ2n) is 5.23. The van der Waals surface area contributed by atoms with E-state index in [0.717, 1.165) is 17.3 Å². The van der Waals surface area contributed by atoms with Gasteiger partial charge in [-0.3, -0.25) is 4.79 Å². The molecule has 0 bridgehead atoms. The smallest absolute Gasteiger partial charge is 0.244 e. The van der Waals surface area contributed by atoms with Gasteiger partial charge in [-0.05, 0) is 11.6 Å². The van der Waals surface area contributed by atoms with Crippen molar-refractivity contribution >= 4 is 40.0 Å². The number of rotatable bonds is 5. The summed E-state index contributed by atoms with van der Waals surface area (Å²) < 4.78 is 0. The standard InChI is InChI=1S/C18H12N6OS2/c19-9-12-8-13(10-20)17(23-15(12)21)27-14(11-4-2-1-3-5-11)16(25)24-18-22-6-7-26-18/h1-8,14H,(H2,21,23)(H,22,24,25)/t14-/m0/s1. The van der Waals surface area contributed by atoms with Gasteiger partial charge in [0.25, 0.3) is 0 Å². The first-order chi connectivity index (χ1) is 13.1. The van der Waals surface area contributed by atoms with E-state index in [1.54, 1.807) is 11.6 Å². The van der Waals surface area contributed by atoms with Crippen LogP contribution in [-0.4, -0.2) is 15.9 Å². The number of nitriles is 2. The van der Waals surface area contributed by atoms with Crippen molar-refractivity contribution in [3.8, 4) is 12.1 Å². The summed E-state index contributed by atoms with van der Waals surface area (Å²) in [5, 5.41) is 23.1. The Morgan fingerprint density at radius 3 is 2.59 bits per heavy atom. The molecule has 1 amide bonds. The number of thioether (sulfide) groups is 1. The number of hydrogen-bond acceptors (Lipinski definition) is 8. The summed E-state index contributed by atoms with van der Waals surface area (Å²) in [6.45, 7) is 0. The van der Waals surface area contributed by atoms with Crippen molar-refractivity contribution in [2.45, 2.75) is 10.3 Å². The van der Waals surface area contributed by atoms with Gasteiger partial charge in [-0.2, -0.15) is 10.5 Å². The summed E-state index contributed by atoms with van der Waals surface area (Å²) in [5.41, 5.74) is 6.84. The molecular formula is C18H12N6OS2. The van der Waals surface area contributed by atoms with E-state index in [1.807, 2.05) is 42.5 Å². The fourth-order valence-electron chi connectivity index (χ4n) is 2.24. The second-order valence-corrected chi connectivity index (χ2v) is 7.22. The molecule has 0 unspecified atom stereocenters. The lowest BCUT2D eigenvalue weighted by atomic mass is 10.1. The lowest BCUT2D eigenvalue weighted by molar-refractivity contribution is -0.115. The third-order valence-electron chi connectivity index (χ3n) is 3.49. The molecule has 3 N–H and O–H groups in total. The van der Waals surface area contributed by atoms with E-state index in [4.69, 9.17) is 11.0 Å². The van der Waals surface area contributed by atoms with Gasteiger partial charge in [0, 0.05) is 11.6 Å². The number of nitrogens with zero attached hydrogens (tertiary/aromatic N) is 4. The van der Waals surface area contributed by atoms with E-state index in [-0.39, 0.29) is 27.9 Å². The monoisotopic (exact) mass is 392 g/mol. The van der Waals surface area contributed by atoms with Crippen LogP contribution in [0.4, 0.5) is 10.9 Å². The van der Waals surface area contributed by atoms with Gasteiger partial charge < -0.3 is 11.1 Å². The molecular weight excluding hydrogens is 380 g/mol. The van der Waals surface area contributed by atoms with Gasteiger partial charge in [0.15, 0.2) is 5.13 Å². The largest absolute Gasteiger partial charge is 0.383 e. The molecule has 7 nitrogen and oxygen atoms in total. The Bertz CT molecular complexity index is 1040. The normalized spacial score (nSPS) is 11.2. The third-order valence-corrected chi connectivity index (χ3v) is 5.44. The number of nitrogens with one attached hydrogen (secondary N) is 1. The van der Waals surface area contributed by atoms with Gasteiger partial charge in [0.1, 0.15) is 28.2 Å². The van der Waals surface area contributed by atoms with Gasteiger partial charge >= 0.3 is 0 Å². The number of thiazole rings is 1. The summed E-state index contributed by atoms with van der Waals surface area (Å²) in [5.74, 6) is -0.277. The first kappa shape index (κ1) is 18.4. The van der Waals surface area contributed by atoms with Crippen LogP contribution in [0.15, 0.2) is 53.0 Å². The Kier molecular flexibility index (Phi) is 5.67. The minimum Gasteiger partial charge on any atom is -0.383 e. The molecule has 3 rings (SSSR count). The van der Waals surface area contributed by atoms with Gasteiger partial charge in [-0.25, -0.2) is 9.97 Å². The number of amides is 1. The Labute approximate surface area is 163 Å².